The van der Waals surface area contributed by atoms with Crippen LogP contribution in [-0.2, 0) is 9.59 Å². The third kappa shape index (κ3) is 4.22. The fourth-order valence-corrected chi connectivity index (χ4v) is 6.11. The molecule has 0 spiro atoms. The van der Waals surface area contributed by atoms with Gasteiger partial charge in [-0.15, -0.1) is 0 Å². The zero-order chi connectivity index (χ0) is 24.6. The molecule has 4 heterocycles. The van der Waals surface area contributed by atoms with Gasteiger partial charge in [-0.1, -0.05) is 18.2 Å². The zero-order valence-corrected chi connectivity index (χ0v) is 20.3. The molecule has 6 rings (SSSR count). The highest BCUT2D eigenvalue weighted by molar-refractivity contribution is 6.07. The number of carbonyl (C=O) groups is 2. The Morgan fingerprint density at radius 3 is 2.58 bits per heavy atom. The fraction of sp³-hybridized carbons (Fsp3) is 0.379. The van der Waals surface area contributed by atoms with Gasteiger partial charge in [0.15, 0.2) is 0 Å². The van der Waals surface area contributed by atoms with Gasteiger partial charge in [0, 0.05) is 53.7 Å². The summed E-state index contributed by atoms with van der Waals surface area (Å²) >= 11 is 0. The van der Waals surface area contributed by atoms with Crippen molar-refractivity contribution in [2.24, 2.45) is 0 Å². The third-order valence-corrected chi connectivity index (χ3v) is 7.97. The molecule has 186 valence electrons. The molecule has 2 amide bonds. The number of benzene rings is 2. The Morgan fingerprint density at radius 1 is 0.917 bits per heavy atom. The van der Waals surface area contributed by atoms with Crippen LogP contribution in [0.5, 0.6) is 0 Å². The maximum atomic E-state index is 13.8. The van der Waals surface area contributed by atoms with E-state index < -0.39 is 5.92 Å². The van der Waals surface area contributed by atoms with Gasteiger partial charge in [-0.2, -0.15) is 0 Å². The van der Waals surface area contributed by atoms with Crippen LogP contribution in [0.4, 0.5) is 4.39 Å². The Hall–Kier alpha value is -3.45. The van der Waals surface area contributed by atoms with Crippen molar-refractivity contribution in [2.75, 3.05) is 26.2 Å². The number of rotatable bonds is 7. The van der Waals surface area contributed by atoms with Gasteiger partial charge in [-0.05, 0) is 80.1 Å². The highest BCUT2D eigenvalue weighted by atomic mass is 19.1. The van der Waals surface area contributed by atoms with Gasteiger partial charge >= 0.3 is 0 Å². The number of halogens is 1. The monoisotopic (exact) mass is 486 g/mol. The summed E-state index contributed by atoms with van der Waals surface area (Å²) in [6.07, 6.45) is 8.11. The molecule has 2 aromatic carbocycles. The molecule has 0 aliphatic carbocycles. The minimum atomic E-state index is -0.391. The van der Waals surface area contributed by atoms with Crippen LogP contribution in [0.25, 0.3) is 21.8 Å². The van der Waals surface area contributed by atoms with Crippen molar-refractivity contribution < 1.29 is 14.0 Å². The maximum absolute atomic E-state index is 13.8. The predicted octanol–water partition coefficient (Wildman–Crippen LogP) is 5.29. The largest absolute Gasteiger partial charge is 0.361 e. The number of para-hydroxylation sites is 1. The summed E-state index contributed by atoms with van der Waals surface area (Å²) < 4.78 is 13.8. The van der Waals surface area contributed by atoms with E-state index in [1.165, 1.54) is 16.5 Å². The number of imide groups is 1. The van der Waals surface area contributed by atoms with Gasteiger partial charge in [-0.25, -0.2) is 4.39 Å². The smallest absolute Gasteiger partial charge is 0.237 e. The highest BCUT2D eigenvalue weighted by Crippen LogP contribution is 2.35. The number of hydrogen-bond acceptors (Lipinski definition) is 3. The second kappa shape index (κ2) is 9.54. The fourth-order valence-electron chi connectivity index (χ4n) is 6.11. The van der Waals surface area contributed by atoms with Crippen molar-refractivity contribution in [1.82, 2.24) is 19.8 Å². The number of amides is 2. The summed E-state index contributed by atoms with van der Waals surface area (Å²) in [5.41, 5.74) is 4.09. The molecule has 2 aliphatic heterocycles. The quantitative estimate of drug-likeness (QED) is 0.275. The first-order valence-electron chi connectivity index (χ1n) is 13.0. The lowest BCUT2D eigenvalue weighted by atomic mass is 9.90. The standard InChI is InChI=1S/C29H31FN4O2/c30-20-9-10-27-22(14-20)24(16-31-27)19-6-5-12-33(18-19)11-3-4-13-34-28(35)15-23(29(34)36)25-17-32-26-8-2-1-7-21(25)26/h1-2,7-10,14,16-17,19,23,31-32H,3-6,11-13,15,18H2. The number of carbonyl (C=O) groups excluding carboxylic acids is 2. The van der Waals surface area contributed by atoms with E-state index in [1.54, 1.807) is 12.1 Å². The SMILES string of the molecule is O=C1CC(c2c[nH]c3ccccc23)C(=O)N1CCCCN1CCCC(c2c[nH]c3ccc(F)cc23)C1. The third-order valence-electron chi connectivity index (χ3n) is 7.97. The Morgan fingerprint density at radius 2 is 1.69 bits per heavy atom. The average Bonchev–Trinajstić information content (AvgIpc) is 3.58. The first-order valence-corrected chi connectivity index (χ1v) is 13.0. The minimum absolute atomic E-state index is 0.0696. The van der Waals surface area contributed by atoms with Gasteiger partial charge < -0.3 is 14.9 Å². The van der Waals surface area contributed by atoms with Crippen molar-refractivity contribution >= 4 is 33.6 Å². The van der Waals surface area contributed by atoms with E-state index in [2.05, 4.69) is 14.9 Å². The molecule has 0 saturated carbocycles. The van der Waals surface area contributed by atoms with Crippen LogP contribution in [-0.4, -0.2) is 57.8 Å². The number of unbranched alkanes of at least 4 members (excludes halogenated alkanes) is 1. The van der Waals surface area contributed by atoms with Crippen molar-refractivity contribution in [1.29, 1.82) is 0 Å². The predicted molar refractivity (Wildman–Crippen MR) is 138 cm³/mol. The van der Waals surface area contributed by atoms with Crippen LogP contribution in [0.3, 0.4) is 0 Å². The molecule has 2 N–H and O–H groups in total. The Kier molecular flexibility index (Phi) is 6.09. The normalized spacial score (nSPS) is 21.3. The number of H-pyrrole nitrogens is 2. The molecule has 2 aliphatic rings. The van der Waals surface area contributed by atoms with E-state index in [1.807, 2.05) is 36.7 Å². The molecule has 2 atom stereocenters. The Bertz CT molecular complexity index is 1420. The molecule has 2 unspecified atom stereocenters. The van der Waals surface area contributed by atoms with E-state index in [4.69, 9.17) is 0 Å². The lowest BCUT2D eigenvalue weighted by molar-refractivity contribution is -0.138. The molecule has 2 fully saturated rings. The van der Waals surface area contributed by atoms with Gasteiger partial charge in [-0.3, -0.25) is 14.5 Å². The first kappa shape index (κ1) is 23.0. The molecule has 4 aromatic rings. The van der Waals surface area contributed by atoms with Crippen LogP contribution >= 0.6 is 0 Å². The lowest BCUT2D eigenvalue weighted by Crippen LogP contribution is -2.36. The van der Waals surface area contributed by atoms with E-state index >= 15 is 0 Å². The lowest BCUT2D eigenvalue weighted by Gasteiger charge is -2.32. The van der Waals surface area contributed by atoms with Gasteiger partial charge in [0.2, 0.25) is 11.8 Å². The molecule has 36 heavy (non-hydrogen) atoms. The second-order valence-corrected chi connectivity index (χ2v) is 10.2. The summed E-state index contributed by atoms with van der Waals surface area (Å²) in [5.74, 6) is -0.353. The van der Waals surface area contributed by atoms with Crippen molar-refractivity contribution in [3.05, 3.63) is 71.8 Å². The summed E-state index contributed by atoms with van der Waals surface area (Å²) in [4.78, 5) is 36.2. The number of aromatic amines is 2. The van der Waals surface area contributed by atoms with Crippen molar-refractivity contribution in [3.63, 3.8) is 0 Å². The van der Waals surface area contributed by atoms with Gasteiger partial charge in [0.25, 0.3) is 0 Å². The van der Waals surface area contributed by atoms with E-state index in [0.717, 1.165) is 72.7 Å². The van der Waals surface area contributed by atoms with Crippen LogP contribution in [0.15, 0.2) is 54.9 Å². The van der Waals surface area contributed by atoms with Gasteiger partial charge in [0.05, 0.1) is 5.92 Å². The number of hydrogen-bond donors (Lipinski definition) is 2. The topological polar surface area (TPSA) is 72.2 Å². The molecule has 0 bridgehead atoms. The zero-order valence-electron chi connectivity index (χ0n) is 20.3. The average molecular weight is 487 g/mol. The number of nitrogens with zero attached hydrogens (tertiary/aromatic N) is 2. The van der Waals surface area contributed by atoms with Crippen molar-refractivity contribution in [3.8, 4) is 0 Å². The number of likely N-dealkylation sites (tertiary alicyclic amines) is 2. The Labute approximate surface area is 209 Å². The summed E-state index contributed by atoms with van der Waals surface area (Å²) in [6, 6.07) is 12.8. The molecular weight excluding hydrogens is 455 g/mol. The van der Waals surface area contributed by atoms with E-state index in [0.29, 0.717) is 12.5 Å². The van der Waals surface area contributed by atoms with E-state index in [-0.39, 0.29) is 24.1 Å². The van der Waals surface area contributed by atoms with Crippen molar-refractivity contribution in [2.45, 2.75) is 43.9 Å². The molecule has 2 aromatic heterocycles. The molecule has 0 radical (unpaired) electrons. The number of fused-ring (bicyclic) bond motifs is 2. The molecule has 6 nitrogen and oxygen atoms in total. The first-order chi connectivity index (χ1) is 17.6. The minimum Gasteiger partial charge on any atom is -0.361 e. The summed E-state index contributed by atoms with van der Waals surface area (Å²) in [5, 5.41) is 2.00. The highest BCUT2D eigenvalue weighted by Gasteiger charge is 2.40. The van der Waals surface area contributed by atoms with Gasteiger partial charge in [0.1, 0.15) is 5.82 Å². The molecular formula is C29H31FN4O2. The summed E-state index contributed by atoms with van der Waals surface area (Å²) in [7, 11) is 0. The Balaban J connectivity index is 1.03. The van der Waals surface area contributed by atoms with Crippen LogP contribution < -0.4 is 0 Å². The number of aromatic nitrogens is 2. The number of nitrogens with one attached hydrogen (secondary N) is 2. The van der Waals surface area contributed by atoms with Crippen LogP contribution in [0, 0.1) is 5.82 Å². The number of piperidine rings is 1. The molecule has 7 heteroatoms. The maximum Gasteiger partial charge on any atom is 0.237 e. The second-order valence-electron chi connectivity index (χ2n) is 10.2. The molecule has 2 saturated heterocycles. The van der Waals surface area contributed by atoms with Crippen LogP contribution in [0.2, 0.25) is 0 Å². The summed E-state index contributed by atoms with van der Waals surface area (Å²) in [6.45, 7) is 3.43. The van der Waals surface area contributed by atoms with E-state index in [9.17, 15) is 14.0 Å². The van der Waals surface area contributed by atoms with Crippen LogP contribution in [0.1, 0.15) is 55.1 Å².